The predicted molar refractivity (Wildman–Crippen MR) is 126 cm³/mol. The second-order valence-corrected chi connectivity index (χ2v) is 7.84. The highest BCUT2D eigenvalue weighted by Gasteiger charge is 2.23. The lowest BCUT2D eigenvalue weighted by atomic mass is 10.1. The Labute approximate surface area is 179 Å². The highest BCUT2D eigenvalue weighted by molar-refractivity contribution is 7.08. The van der Waals surface area contributed by atoms with Crippen molar-refractivity contribution in [3.05, 3.63) is 71.1 Å². The summed E-state index contributed by atoms with van der Waals surface area (Å²) in [6.45, 7) is 18.3. The van der Waals surface area contributed by atoms with E-state index >= 15 is 0 Å². The number of likely N-dealkylation sites (tertiary alicyclic amines) is 1. The number of thiophene rings is 1. The quantitative estimate of drug-likeness (QED) is 0.231. The second-order valence-electron chi connectivity index (χ2n) is 7.10. The van der Waals surface area contributed by atoms with E-state index in [1.807, 2.05) is 25.3 Å². The van der Waals surface area contributed by atoms with Gasteiger partial charge in [0.1, 0.15) is 0 Å². The maximum atomic E-state index is 9.55. The first-order valence-electron chi connectivity index (χ1n) is 9.86. The minimum Gasteiger partial charge on any atom is -0.342 e. The van der Waals surface area contributed by atoms with Crippen molar-refractivity contribution in [2.24, 2.45) is 4.99 Å². The maximum Gasteiger partial charge on any atom is 0.206 e. The van der Waals surface area contributed by atoms with Crippen molar-refractivity contribution in [2.75, 3.05) is 19.6 Å². The Kier molecular flexibility index (Phi) is 8.69. The molecule has 1 fully saturated rings. The first-order chi connectivity index (χ1) is 14.0. The average molecular weight is 407 g/mol. The van der Waals surface area contributed by atoms with E-state index in [1.165, 1.54) is 6.42 Å². The molecule has 2 rings (SSSR count). The van der Waals surface area contributed by atoms with Crippen LogP contribution in [-0.2, 0) is 0 Å². The lowest BCUT2D eigenvalue weighted by Crippen LogP contribution is -2.46. The van der Waals surface area contributed by atoms with Crippen LogP contribution in [0.2, 0.25) is 0 Å². The molecular weight excluding hydrogens is 376 g/mol. The molecule has 1 aromatic rings. The molecule has 0 unspecified atom stereocenters. The van der Waals surface area contributed by atoms with Gasteiger partial charge in [0.25, 0.3) is 0 Å². The molecule has 5 heteroatoms. The van der Waals surface area contributed by atoms with Gasteiger partial charge in [0, 0.05) is 41.7 Å². The smallest absolute Gasteiger partial charge is 0.206 e. The molecule has 4 nitrogen and oxygen atoms in total. The van der Waals surface area contributed by atoms with Gasteiger partial charge in [-0.05, 0) is 44.8 Å². The molecule has 0 aromatic carbocycles. The Morgan fingerprint density at radius 2 is 2.00 bits per heavy atom. The summed E-state index contributed by atoms with van der Waals surface area (Å²) in [5.41, 5.74) is 4.45. The first-order valence-corrected chi connectivity index (χ1v) is 10.8. The number of nitriles is 1. The molecule has 1 aliphatic heterocycles. The third-order valence-electron chi connectivity index (χ3n) is 4.83. The van der Waals surface area contributed by atoms with E-state index in [0.717, 1.165) is 54.4 Å². The molecule has 2 heterocycles. The van der Waals surface area contributed by atoms with Gasteiger partial charge in [0.05, 0.1) is 17.3 Å². The second kappa shape index (κ2) is 11.2. The van der Waals surface area contributed by atoms with Gasteiger partial charge in [-0.3, -0.25) is 0 Å². The summed E-state index contributed by atoms with van der Waals surface area (Å²) in [6.07, 6.45) is 10.7. The molecule has 0 spiro atoms. The van der Waals surface area contributed by atoms with E-state index in [9.17, 15) is 5.26 Å². The third-order valence-corrected chi connectivity index (χ3v) is 5.58. The lowest BCUT2D eigenvalue weighted by Gasteiger charge is -2.37. The Morgan fingerprint density at radius 1 is 1.28 bits per heavy atom. The monoisotopic (exact) mass is 406 g/mol. The zero-order chi connectivity index (χ0) is 21.2. The van der Waals surface area contributed by atoms with Crippen LogP contribution < -0.4 is 0 Å². The van der Waals surface area contributed by atoms with Crippen molar-refractivity contribution in [2.45, 2.75) is 33.1 Å². The fourth-order valence-corrected chi connectivity index (χ4v) is 3.93. The van der Waals surface area contributed by atoms with Crippen molar-refractivity contribution in [1.29, 1.82) is 5.26 Å². The van der Waals surface area contributed by atoms with E-state index in [4.69, 9.17) is 4.99 Å². The van der Waals surface area contributed by atoms with Gasteiger partial charge in [-0.1, -0.05) is 38.0 Å². The fraction of sp³-hybridized carbons (Fsp3) is 0.333. The summed E-state index contributed by atoms with van der Waals surface area (Å²) in [5, 5.41) is 13.7. The molecular formula is C24H30N4S. The van der Waals surface area contributed by atoms with Crippen LogP contribution >= 0.6 is 11.3 Å². The number of hydrogen-bond donors (Lipinski definition) is 0. The van der Waals surface area contributed by atoms with E-state index in [0.29, 0.717) is 12.1 Å². The summed E-state index contributed by atoms with van der Waals surface area (Å²) in [6, 6.07) is 2.29. The summed E-state index contributed by atoms with van der Waals surface area (Å²) in [7, 11) is 0. The SMILES string of the molecule is C=C/C=C\C(C#N)=C(/C)CN(C(=C)C)C(=Nc1cscc1C=C)N1CCCCC1. The van der Waals surface area contributed by atoms with E-state index in [-0.39, 0.29) is 0 Å². The largest absolute Gasteiger partial charge is 0.342 e. The van der Waals surface area contributed by atoms with Gasteiger partial charge < -0.3 is 9.80 Å². The van der Waals surface area contributed by atoms with Crippen LogP contribution in [0.4, 0.5) is 5.69 Å². The third kappa shape index (κ3) is 6.07. The number of rotatable bonds is 7. The van der Waals surface area contributed by atoms with Crippen molar-refractivity contribution < 1.29 is 0 Å². The van der Waals surface area contributed by atoms with Gasteiger partial charge in [-0.25, -0.2) is 4.99 Å². The normalized spacial score (nSPS) is 15.6. The van der Waals surface area contributed by atoms with Crippen LogP contribution in [0.3, 0.4) is 0 Å². The van der Waals surface area contributed by atoms with Crippen LogP contribution in [0.15, 0.2) is 70.6 Å². The summed E-state index contributed by atoms with van der Waals surface area (Å²) < 4.78 is 0. The summed E-state index contributed by atoms with van der Waals surface area (Å²) >= 11 is 1.62. The Bertz CT molecular complexity index is 873. The predicted octanol–water partition coefficient (Wildman–Crippen LogP) is 6.28. The van der Waals surface area contributed by atoms with Crippen LogP contribution in [0.25, 0.3) is 6.08 Å². The molecule has 1 saturated heterocycles. The van der Waals surface area contributed by atoms with Gasteiger partial charge in [0.15, 0.2) is 0 Å². The van der Waals surface area contributed by atoms with Gasteiger partial charge >= 0.3 is 0 Å². The van der Waals surface area contributed by atoms with Crippen molar-refractivity contribution in [3.8, 4) is 6.07 Å². The molecule has 0 aliphatic carbocycles. The number of piperidine rings is 1. The molecule has 1 aliphatic rings. The standard InChI is InChI=1S/C24H30N4S/c1-6-8-12-22(15-25)20(5)16-28(19(3)4)24(27-13-10-9-11-14-27)26-23-18-29-17-21(23)7-2/h6-8,12,17-18H,1-3,9-11,13-14,16H2,4-5H3/b12-8-,22-20-,26-24?. The highest BCUT2D eigenvalue weighted by atomic mass is 32.1. The lowest BCUT2D eigenvalue weighted by molar-refractivity contribution is 0.304. The Hall–Kier alpha value is -2.84. The van der Waals surface area contributed by atoms with E-state index in [2.05, 4.69) is 41.0 Å². The molecule has 0 atom stereocenters. The highest BCUT2D eigenvalue weighted by Crippen LogP contribution is 2.27. The van der Waals surface area contributed by atoms with Crippen molar-refractivity contribution in [3.63, 3.8) is 0 Å². The zero-order valence-electron chi connectivity index (χ0n) is 17.5. The molecule has 0 bridgehead atoms. The number of nitrogens with zero attached hydrogens (tertiary/aromatic N) is 4. The summed E-state index contributed by atoms with van der Waals surface area (Å²) in [4.78, 5) is 9.49. The maximum absolute atomic E-state index is 9.55. The van der Waals surface area contributed by atoms with Gasteiger partial charge in [-0.2, -0.15) is 5.26 Å². The Balaban J connectivity index is 2.49. The topological polar surface area (TPSA) is 42.6 Å². The molecule has 0 N–H and O–H groups in total. The van der Waals surface area contributed by atoms with Gasteiger partial charge in [0.2, 0.25) is 5.96 Å². The number of guanidine groups is 1. The average Bonchev–Trinajstić information content (AvgIpc) is 3.18. The zero-order valence-corrected chi connectivity index (χ0v) is 18.3. The number of allylic oxidation sites excluding steroid dienone is 5. The number of hydrogen-bond acceptors (Lipinski definition) is 3. The van der Waals surface area contributed by atoms with Crippen LogP contribution in [0, 0.1) is 11.3 Å². The molecule has 0 radical (unpaired) electrons. The van der Waals surface area contributed by atoms with Crippen molar-refractivity contribution in [1.82, 2.24) is 9.80 Å². The fourth-order valence-electron chi connectivity index (χ4n) is 3.19. The molecule has 1 aromatic heterocycles. The number of aliphatic imine (C=N–C) groups is 1. The molecule has 0 amide bonds. The molecule has 152 valence electrons. The Morgan fingerprint density at radius 3 is 2.59 bits per heavy atom. The first kappa shape index (κ1) is 22.4. The van der Waals surface area contributed by atoms with Crippen molar-refractivity contribution >= 4 is 29.1 Å². The van der Waals surface area contributed by atoms with Crippen LogP contribution in [0.5, 0.6) is 0 Å². The molecule has 0 saturated carbocycles. The minimum atomic E-state index is 0.558. The molecule has 29 heavy (non-hydrogen) atoms. The van der Waals surface area contributed by atoms with Crippen LogP contribution in [-0.4, -0.2) is 35.4 Å². The van der Waals surface area contributed by atoms with E-state index in [1.54, 1.807) is 29.6 Å². The van der Waals surface area contributed by atoms with E-state index < -0.39 is 0 Å². The summed E-state index contributed by atoms with van der Waals surface area (Å²) in [5.74, 6) is 0.892. The van der Waals surface area contributed by atoms with Crippen LogP contribution in [0.1, 0.15) is 38.7 Å². The minimum absolute atomic E-state index is 0.558. The van der Waals surface area contributed by atoms with Gasteiger partial charge in [-0.15, -0.1) is 11.3 Å².